The smallest absolute Gasteiger partial charge is 0.339 e. The number of aromatic nitrogens is 1. The maximum atomic E-state index is 13.4. The van der Waals surface area contributed by atoms with Gasteiger partial charge in [0, 0.05) is 17.6 Å². The molecule has 0 unspecified atom stereocenters. The number of carbonyl (C=O) groups excluding carboxylic acids is 2. The number of para-hydroxylation sites is 1. The number of ether oxygens (including phenoxy) is 3. The number of amides is 1. The van der Waals surface area contributed by atoms with E-state index < -0.39 is 5.97 Å². The molecular formula is C29H32N2O5. The van der Waals surface area contributed by atoms with Crippen LogP contribution in [-0.2, 0) is 28.9 Å². The fraction of sp³-hybridized carbons (Fsp3) is 0.414. The Bertz CT molecular complexity index is 1320. The standard InChI is InChI=1S/C29H32N2O5/c1-4-29(2,3)19-10-11-23-21(14-19)27(20-7-5-6-8-22(20)31-23)28(33)34-16-26(32)30-15-18-9-12-24-25(13-18)36-17-35-24/h5-9,12-13,19H,4,10-11,14-17H2,1-3H3,(H,30,32)/t19-/m1/s1. The van der Waals surface area contributed by atoms with Crippen molar-refractivity contribution in [3.05, 3.63) is 64.8 Å². The topological polar surface area (TPSA) is 86.8 Å². The van der Waals surface area contributed by atoms with Crippen LogP contribution in [0.4, 0.5) is 0 Å². The van der Waals surface area contributed by atoms with Crippen LogP contribution < -0.4 is 14.8 Å². The van der Waals surface area contributed by atoms with Gasteiger partial charge in [0.05, 0.1) is 11.1 Å². The van der Waals surface area contributed by atoms with E-state index in [2.05, 4.69) is 26.1 Å². The molecule has 2 heterocycles. The van der Waals surface area contributed by atoms with Crippen molar-refractivity contribution in [3.63, 3.8) is 0 Å². The first-order valence-corrected chi connectivity index (χ1v) is 12.6. The number of esters is 1. The van der Waals surface area contributed by atoms with Gasteiger partial charge in [0.15, 0.2) is 18.1 Å². The molecule has 1 aliphatic heterocycles. The molecule has 0 fully saturated rings. The van der Waals surface area contributed by atoms with Crippen molar-refractivity contribution in [1.29, 1.82) is 0 Å². The summed E-state index contributed by atoms with van der Waals surface area (Å²) in [5.74, 6) is 0.967. The van der Waals surface area contributed by atoms with Gasteiger partial charge in [-0.1, -0.05) is 51.5 Å². The molecule has 0 spiro atoms. The van der Waals surface area contributed by atoms with Crippen LogP contribution in [0, 0.1) is 11.3 Å². The Morgan fingerprint density at radius 1 is 1.14 bits per heavy atom. The fourth-order valence-electron chi connectivity index (χ4n) is 5.08. The molecule has 1 amide bonds. The first kappa shape index (κ1) is 24.1. The van der Waals surface area contributed by atoms with Crippen LogP contribution in [0.25, 0.3) is 10.9 Å². The van der Waals surface area contributed by atoms with Crippen LogP contribution in [-0.4, -0.2) is 30.3 Å². The third-order valence-corrected chi connectivity index (χ3v) is 7.74. The van der Waals surface area contributed by atoms with Gasteiger partial charge in [-0.25, -0.2) is 4.79 Å². The van der Waals surface area contributed by atoms with Crippen molar-refractivity contribution in [3.8, 4) is 11.5 Å². The molecule has 2 aliphatic rings. The number of rotatable bonds is 7. The van der Waals surface area contributed by atoms with Gasteiger partial charge in [-0.3, -0.25) is 9.78 Å². The van der Waals surface area contributed by atoms with Crippen LogP contribution in [0.1, 0.15) is 60.8 Å². The lowest BCUT2D eigenvalue weighted by molar-refractivity contribution is -0.124. The molecule has 0 bridgehead atoms. The Labute approximate surface area is 211 Å². The minimum atomic E-state index is -0.474. The highest BCUT2D eigenvalue weighted by molar-refractivity contribution is 6.05. The third-order valence-electron chi connectivity index (χ3n) is 7.74. The zero-order chi connectivity index (χ0) is 25.3. The minimum absolute atomic E-state index is 0.166. The summed E-state index contributed by atoms with van der Waals surface area (Å²) in [5, 5.41) is 3.58. The molecule has 188 valence electrons. The molecule has 7 nitrogen and oxygen atoms in total. The van der Waals surface area contributed by atoms with Gasteiger partial charge in [0.1, 0.15) is 0 Å². The van der Waals surface area contributed by atoms with E-state index in [0.29, 0.717) is 29.5 Å². The lowest BCUT2D eigenvalue weighted by atomic mass is 9.68. The molecule has 1 aromatic heterocycles. The van der Waals surface area contributed by atoms with Crippen molar-refractivity contribution in [1.82, 2.24) is 10.3 Å². The summed E-state index contributed by atoms with van der Waals surface area (Å²) in [5.41, 5.74) is 4.31. The second-order valence-electron chi connectivity index (χ2n) is 10.3. The van der Waals surface area contributed by atoms with Crippen LogP contribution in [0.15, 0.2) is 42.5 Å². The maximum Gasteiger partial charge on any atom is 0.339 e. The SMILES string of the molecule is CCC(C)(C)[C@@H]1CCc2nc3ccccc3c(C(=O)OCC(=O)NCc3ccc4c(c3)OCO4)c2C1. The van der Waals surface area contributed by atoms with E-state index in [4.69, 9.17) is 19.2 Å². The average molecular weight is 489 g/mol. The molecule has 1 N–H and O–H groups in total. The fourth-order valence-corrected chi connectivity index (χ4v) is 5.08. The van der Waals surface area contributed by atoms with Crippen molar-refractivity contribution in [2.24, 2.45) is 11.3 Å². The zero-order valence-corrected chi connectivity index (χ0v) is 21.1. The third kappa shape index (κ3) is 4.74. The predicted octanol–water partition coefficient (Wildman–Crippen LogP) is 4.98. The molecule has 0 saturated carbocycles. The molecule has 36 heavy (non-hydrogen) atoms. The van der Waals surface area contributed by atoms with Crippen molar-refractivity contribution in [2.45, 2.75) is 53.0 Å². The molecule has 3 aromatic rings. The highest BCUT2D eigenvalue weighted by atomic mass is 16.7. The molecule has 2 aromatic carbocycles. The lowest BCUT2D eigenvalue weighted by Crippen LogP contribution is -2.31. The van der Waals surface area contributed by atoms with Crippen LogP contribution in [0.5, 0.6) is 11.5 Å². The number of aryl methyl sites for hydroxylation is 1. The predicted molar refractivity (Wildman–Crippen MR) is 136 cm³/mol. The number of nitrogens with zero attached hydrogens (tertiary/aromatic N) is 1. The van der Waals surface area contributed by atoms with Gasteiger partial charge in [-0.15, -0.1) is 0 Å². The number of fused-ring (bicyclic) bond motifs is 3. The van der Waals surface area contributed by atoms with E-state index in [1.807, 2.05) is 42.5 Å². The summed E-state index contributed by atoms with van der Waals surface area (Å²) in [6, 6.07) is 13.2. The highest BCUT2D eigenvalue weighted by Gasteiger charge is 2.34. The number of hydrogen-bond acceptors (Lipinski definition) is 6. The number of nitrogens with one attached hydrogen (secondary N) is 1. The Kier molecular flexibility index (Phi) is 6.56. The Morgan fingerprint density at radius 2 is 1.94 bits per heavy atom. The van der Waals surface area contributed by atoms with Crippen LogP contribution >= 0.6 is 0 Å². The van der Waals surface area contributed by atoms with E-state index >= 15 is 0 Å². The number of benzene rings is 2. The number of carbonyl (C=O) groups is 2. The van der Waals surface area contributed by atoms with Crippen molar-refractivity contribution < 1.29 is 23.8 Å². The lowest BCUT2D eigenvalue weighted by Gasteiger charge is -2.37. The summed E-state index contributed by atoms with van der Waals surface area (Å²) >= 11 is 0. The summed E-state index contributed by atoms with van der Waals surface area (Å²) in [7, 11) is 0. The van der Waals surface area contributed by atoms with Crippen LogP contribution in [0.3, 0.4) is 0 Å². The molecule has 5 rings (SSSR count). The summed E-state index contributed by atoms with van der Waals surface area (Å²) < 4.78 is 16.2. The van der Waals surface area contributed by atoms with Crippen molar-refractivity contribution >= 4 is 22.8 Å². The van der Waals surface area contributed by atoms with Gasteiger partial charge < -0.3 is 19.5 Å². The molecule has 1 aliphatic carbocycles. The zero-order valence-electron chi connectivity index (χ0n) is 21.1. The summed E-state index contributed by atoms with van der Waals surface area (Å²) in [6.07, 6.45) is 3.74. The second kappa shape index (κ2) is 9.80. The van der Waals surface area contributed by atoms with Gasteiger partial charge in [-0.2, -0.15) is 0 Å². The van der Waals surface area contributed by atoms with E-state index in [-0.39, 0.29) is 24.7 Å². The summed E-state index contributed by atoms with van der Waals surface area (Å²) in [6.45, 7) is 6.95. The normalized spacial score (nSPS) is 16.5. The number of hydrogen-bond donors (Lipinski definition) is 1. The van der Waals surface area contributed by atoms with Gasteiger partial charge in [0.25, 0.3) is 5.91 Å². The minimum Gasteiger partial charge on any atom is -0.454 e. The average Bonchev–Trinajstić information content (AvgIpc) is 3.36. The molecule has 7 heteroatoms. The van der Waals surface area contributed by atoms with Crippen molar-refractivity contribution in [2.75, 3.05) is 13.4 Å². The maximum absolute atomic E-state index is 13.4. The largest absolute Gasteiger partial charge is 0.454 e. The summed E-state index contributed by atoms with van der Waals surface area (Å²) in [4.78, 5) is 30.8. The molecule has 0 radical (unpaired) electrons. The van der Waals surface area contributed by atoms with Gasteiger partial charge in [0.2, 0.25) is 6.79 Å². The Morgan fingerprint density at radius 3 is 2.78 bits per heavy atom. The second-order valence-corrected chi connectivity index (χ2v) is 10.3. The molecular weight excluding hydrogens is 456 g/mol. The monoisotopic (exact) mass is 488 g/mol. The molecule has 0 saturated heterocycles. The Hall–Kier alpha value is -3.61. The van der Waals surface area contributed by atoms with E-state index in [1.54, 1.807) is 0 Å². The quantitative estimate of drug-likeness (QED) is 0.472. The van der Waals surface area contributed by atoms with Gasteiger partial charge in [-0.05, 0) is 59.9 Å². The van der Waals surface area contributed by atoms with Gasteiger partial charge >= 0.3 is 5.97 Å². The van der Waals surface area contributed by atoms with E-state index in [0.717, 1.165) is 53.4 Å². The first-order chi connectivity index (χ1) is 17.4. The Balaban J connectivity index is 1.31. The molecule has 1 atom stereocenters. The van der Waals surface area contributed by atoms with E-state index in [1.165, 1.54) is 0 Å². The van der Waals surface area contributed by atoms with E-state index in [9.17, 15) is 9.59 Å². The highest BCUT2D eigenvalue weighted by Crippen LogP contribution is 2.41. The number of pyridine rings is 1. The van der Waals surface area contributed by atoms with Crippen LogP contribution in [0.2, 0.25) is 0 Å². The first-order valence-electron chi connectivity index (χ1n) is 12.6.